The summed E-state index contributed by atoms with van der Waals surface area (Å²) in [5.41, 5.74) is 1.93. The number of rotatable bonds is 4. The summed E-state index contributed by atoms with van der Waals surface area (Å²) in [5.74, 6) is 1.29. The largest absolute Gasteiger partial charge is 1.00 e. The van der Waals surface area contributed by atoms with E-state index < -0.39 is 30.0 Å². The van der Waals surface area contributed by atoms with E-state index >= 15 is 0 Å². The first-order valence-electron chi connectivity index (χ1n) is 12.5. The molecular formula is C25H35Cl11N4O3Si2. The van der Waals surface area contributed by atoms with Crippen LogP contribution in [0.2, 0.25) is 13.1 Å². The van der Waals surface area contributed by atoms with Crippen molar-refractivity contribution in [3.05, 3.63) is 71.8 Å². The van der Waals surface area contributed by atoms with Gasteiger partial charge in [0.25, 0.3) is 11.8 Å². The Kier molecular flexibility index (Phi) is 23.3. The average molecular weight is 886 g/mol. The molecule has 0 saturated heterocycles. The molecule has 0 aliphatic carbocycles. The maximum atomic E-state index is 6.92. The molecule has 0 bridgehead atoms. The maximum Gasteiger partial charge on any atom is 0.448 e. The molecule has 0 N–H and O–H groups in total. The lowest BCUT2D eigenvalue weighted by atomic mass is 10.2. The van der Waals surface area contributed by atoms with E-state index in [1.54, 1.807) is 0 Å². The molecule has 0 spiro atoms. The lowest BCUT2D eigenvalue weighted by Gasteiger charge is -2.44. The molecule has 4 rings (SSSR count). The van der Waals surface area contributed by atoms with E-state index in [9.17, 15) is 0 Å². The molecule has 2 aliphatic rings. The number of hydrogen-bond donors (Lipinski definition) is 0. The zero-order chi connectivity index (χ0) is 33.1. The summed E-state index contributed by atoms with van der Waals surface area (Å²) < 4.78 is 18.7. The van der Waals surface area contributed by atoms with E-state index in [4.69, 9.17) is 128 Å². The standard InChI is InChI=1S/C22H32N4O3Si2.3CHCl3.2ClH/c1-25(2)17-30(5,27-21(23-25)19-13-9-7-10-14-19)29-31(6)18-26(3,4)24-22(28-31)20-15-11-8-12-16-20;3*2-1(3)4;;/h7-16H,17-18H2,1-6H3;3*1H;2*1H/q+2;;;;;/p-2/t30-,31+;;;;;. The van der Waals surface area contributed by atoms with E-state index in [1.165, 1.54) is 0 Å². The molecule has 2 aromatic carbocycles. The van der Waals surface area contributed by atoms with Crippen LogP contribution in [0.3, 0.4) is 0 Å². The van der Waals surface area contributed by atoms with Crippen LogP contribution < -0.4 is 24.8 Å². The van der Waals surface area contributed by atoms with Gasteiger partial charge < -0.3 is 37.8 Å². The number of hydrogen-bond acceptors (Lipinski definition) is 5. The van der Waals surface area contributed by atoms with Crippen LogP contribution in [-0.2, 0) is 13.0 Å². The van der Waals surface area contributed by atoms with E-state index in [0.717, 1.165) is 11.1 Å². The topological polar surface area (TPSA) is 52.4 Å². The van der Waals surface area contributed by atoms with Gasteiger partial charge in [-0.25, -0.2) is 0 Å². The fourth-order valence-corrected chi connectivity index (χ4v) is 13.2. The van der Waals surface area contributed by atoms with Crippen molar-refractivity contribution >= 4 is 133 Å². The predicted octanol–water partition coefficient (Wildman–Crippen LogP) is 3.13. The van der Waals surface area contributed by atoms with Crippen molar-refractivity contribution in [1.82, 2.24) is 0 Å². The molecule has 0 radical (unpaired) electrons. The molecule has 2 aromatic rings. The number of alkyl halides is 9. The Bertz CT molecular complexity index is 1080. The summed E-state index contributed by atoms with van der Waals surface area (Å²) in [6.45, 7) is 4.25. The van der Waals surface area contributed by atoms with E-state index in [2.05, 4.69) is 41.3 Å². The van der Waals surface area contributed by atoms with E-state index in [1.807, 2.05) is 60.7 Å². The van der Waals surface area contributed by atoms with Crippen LogP contribution in [0.4, 0.5) is 0 Å². The first-order valence-corrected chi connectivity index (χ1v) is 21.5. The fourth-order valence-electron chi connectivity index (χ4n) is 4.44. The number of benzene rings is 2. The Morgan fingerprint density at radius 3 is 1.07 bits per heavy atom. The van der Waals surface area contributed by atoms with Crippen molar-refractivity contribution in [2.75, 3.05) is 40.5 Å². The van der Waals surface area contributed by atoms with Gasteiger partial charge in [0.15, 0.2) is 25.2 Å². The lowest BCUT2D eigenvalue weighted by molar-refractivity contribution is -0.891. The van der Waals surface area contributed by atoms with Gasteiger partial charge in [-0.15, -0.1) is 0 Å². The molecule has 2 atom stereocenters. The summed E-state index contributed by atoms with van der Waals surface area (Å²) in [6, 6.07) is 20.1. The Morgan fingerprint density at radius 2 is 0.822 bits per heavy atom. The molecule has 0 amide bonds. The highest BCUT2D eigenvalue weighted by Crippen LogP contribution is 2.30. The molecule has 7 nitrogen and oxygen atoms in total. The fraction of sp³-hybridized carbons (Fsp3) is 0.440. The predicted molar refractivity (Wildman–Crippen MR) is 190 cm³/mol. The summed E-state index contributed by atoms with van der Waals surface area (Å²) in [7, 11) is 3.03. The second-order valence-corrected chi connectivity index (χ2v) is 22.7. The van der Waals surface area contributed by atoms with Gasteiger partial charge >= 0.3 is 17.1 Å². The lowest BCUT2D eigenvalue weighted by Crippen LogP contribution is -3.00. The number of nitrogens with zero attached hydrogens (tertiary/aromatic N) is 4. The summed E-state index contributed by atoms with van der Waals surface area (Å²) in [4.78, 5) is 0. The quantitative estimate of drug-likeness (QED) is 0.270. The van der Waals surface area contributed by atoms with Crippen LogP contribution in [0.5, 0.6) is 0 Å². The van der Waals surface area contributed by atoms with Gasteiger partial charge in [0.1, 0.15) is 0 Å². The third-order valence-corrected chi connectivity index (χ3v) is 12.6. The highest BCUT2D eigenvalue weighted by atomic mass is 35.6. The van der Waals surface area contributed by atoms with Gasteiger partial charge in [0.05, 0.1) is 28.2 Å². The van der Waals surface area contributed by atoms with Crippen molar-refractivity contribution in [3.8, 4) is 0 Å². The molecule has 0 fully saturated rings. The molecule has 0 unspecified atom stereocenters. The molecule has 258 valence electrons. The van der Waals surface area contributed by atoms with Crippen molar-refractivity contribution in [3.63, 3.8) is 0 Å². The average Bonchev–Trinajstić information content (AvgIpc) is 2.81. The first-order chi connectivity index (χ1) is 19.7. The normalized spacial score (nSPS) is 22.5. The van der Waals surface area contributed by atoms with Crippen molar-refractivity contribution in [2.24, 2.45) is 10.2 Å². The molecule has 2 aliphatic heterocycles. The Morgan fingerprint density at radius 1 is 0.578 bits per heavy atom. The van der Waals surface area contributed by atoms with Gasteiger partial charge in [0.2, 0.25) is 0 Å². The minimum absolute atomic E-state index is 0. The molecule has 20 heteroatoms. The minimum Gasteiger partial charge on any atom is -1.00 e. The van der Waals surface area contributed by atoms with Gasteiger partial charge in [-0.3, -0.25) is 0 Å². The van der Waals surface area contributed by atoms with Crippen LogP contribution in [-0.4, -0.2) is 91.5 Å². The molecular weight excluding hydrogens is 850 g/mol. The second-order valence-electron chi connectivity index (χ2n) is 10.4. The molecule has 45 heavy (non-hydrogen) atoms. The maximum absolute atomic E-state index is 6.92. The Labute approximate surface area is 326 Å². The van der Waals surface area contributed by atoms with E-state index in [0.29, 0.717) is 33.3 Å². The Balaban J connectivity index is 0. The molecule has 0 saturated carbocycles. The van der Waals surface area contributed by atoms with Gasteiger partial charge in [0, 0.05) is 11.1 Å². The molecule has 2 heterocycles. The van der Waals surface area contributed by atoms with Crippen LogP contribution >= 0.6 is 104 Å². The third kappa shape index (κ3) is 20.9. The first kappa shape index (κ1) is 48.0. The summed E-state index contributed by atoms with van der Waals surface area (Å²) in [6.07, 6.45) is 1.42. The van der Waals surface area contributed by atoms with Crippen molar-refractivity contribution in [2.45, 2.75) is 26.0 Å². The zero-order valence-electron chi connectivity index (χ0n) is 25.1. The zero-order valence-corrected chi connectivity index (χ0v) is 35.4. The van der Waals surface area contributed by atoms with Crippen molar-refractivity contribution in [1.29, 1.82) is 0 Å². The van der Waals surface area contributed by atoms with Crippen molar-refractivity contribution < 1.29 is 47.0 Å². The summed E-state index contributed by atoms with van der Waals surface area (Å²) in [5, 5.41) is 9.64. The smallest absolute Gasteiger partial charge is 0.448 e. The Hall–Kier alpha value is 0.884. The second kappa shape index (κ2) is 21.9. The highest BCUT2D eigenvalue weighted by molar-refractivity contribution is 6.81. The number of halogens is 11. The monoisotopic (exact) mass is 880 g/mol. The van der Waals surface area contributed by atoms with Gasteiger partial charge in [-0.05, 0) is 47.6 Å². The SMILES string of the molecule is C[N+]1(C)C[Si@](C)(O[Si@]2(C)C[N+](C)(C)N=C(c3ccccc3)O2)OC(c2ccccc2)=N1.ClC(Cl)Cl.ClC(Cl)Cl.ClC(Cl)Cl.[Cl-].[Cl-]. The van der Waals surface area contributed by atoms with Gasteiger partial charge in [-0.2, -0.15) is 9.18 Å². The highest BCUT2D eigenvalue weighted by Gasteiger charge is 2.57. The van der Waals surface area contributed by atoms with Crippen LogP contribution in [0.25, 0.3) is 0 Å². The molecule has 0 aromatic heterocycles. The van der Waals surface area contributed by atoms with E-state index in [-0.39, 0.29) is 24.8 Å². The van der Waals surface area contributed by atoms with Crippen LogP contribution in [0.1, 0.15) is 11.1 Å². The number of quaternary nitrogens is 2. The summed E-state index contributed by atoms with van der Waals surface area (Å²) >= 11 is 43.3. The van der Waals surface area contributed by atoms with Crippen LogP contribution in [0, 0.1) is 0 Å². The van der Waals surface area contributed by atoms with Gasteiger partial charge in [-0.1, -0.05) is 141 Å². The van der Waals surface area contributed by atoms with Crippen LogP contribution in [0.15, 0.2) is 70.9 Å². The third-order valence-electron chi connectivity index (χ3n) is 5.17. The minimum atomic E-state index is -2.66.